The molecule has 0 saturated carbocycles. The van der Waals surface area contributed by atoms with Gasteiger partial charge < -0.3 is 15.1 Å². The Kier molecular flexibility index (Phi) is 4.81. The van der Waals surface area contributed by atoms with Gasteiger partial charge in [-0.1, -0.05) is 24.3 Å². The van der Waals surface area contributed by atoms with Crippen LogP contribution in [0.25, 0.3) is 0 Å². The Morgan fingerprint density at radius 3 is 2.75 bits per heavy atom. The first-order chi connectivity index (χ1) is 11.4. The van der Waals surface area contributed by atoms with Gasteiger partial charge in [-0.05, 0) is 57.0 Å². The maximum atomic E-state index is 12.6. The van der Waals surface area contributed by atoms with Gasteiger partial charge in [0.1, 0.15) is 0 Å². The van der Waals surface area contributed by atoms with E-state index >= 15 is 0 Å². The molecular weight excluding hydrogens is 318 g/mol. The van der Waals surface area contributed by atoms with Crippen LogP contribution in [-0.2, 0) is 17.8 Å². The number of benzene rings is 1. The van der Waals surface area contributed by atoms with Gasteiger partial charge in [-0.2, -0.15) is 0 Å². The van der Waals surface area contributed by atoms with E-state index in [9.17, 15) is 4.79 Å². The topological polar surface area (TPSA) is 35.6 Å². The van der Waals surface area contributed by atoms with Crippen LogP contribution in [0, 0.1) is 0 Å². The van der Waals surface area contributed by atoms with Gasteiger partial charge in [-0.15, -0.1) is 0 Å². The summed E-state index contributed by atoms with van der Waals surface area (Å²) in [7, 11) is 0. The summed E-state index contributed by atoms with van der Waals surface area (Å²) in [5.74, 6) is 0.226. The van der Waals surface area contributed by atoms with Crippen molar-refractivity contribution in [3.05, 3.63) is 35.4 Å². The normalized spacial score (nSPS) is 22.8. The molecule has 2 aliphatic rings. The third-order valence-corrected chi connectivity index (χ3v) is 5.43. The maximum absolute atomic E-state index is 12.6. The first-order valence-electron chi connectivity index (χ1n) is 8.79. The van der Waals surface area contributed by atoms with Crippen molar-refractivity contribution in [3.8, 4) is 0 Å². The number of carbonyl (C=O) groups is 1. The summed E-state index contributed by atoms with van der Waals surface area (Å²) >= 11 is 5.50. The lowest BCUT2D eigenvalue weighted by molar-refractivity contribution is -0.132. The summed E-state index contributed by atoms with van der Waals surface area (Å²) in [6.07, 6.45) is 2.50. The van der Waals surface area contributed by atoms with Crippen molar-refractivity contribution in [2.45, 2.75) is 58.2 Å². The fourth-order valence-corrected chi connectivity index (χ4v) is 4.41. The lowest BCUT2D eigenvalue weighted by atomic mass is 9.93. The highest BCUT2D eigenvalue weighted by atomic mass is 32.1. The quantitative estimate of drug-likeness (QED) is 0.855. The van der Waals surface area contributed by atoms with Crippen LogP contribution >= 0.6 is 12.2 Å². The van der Waals surface area contributed by atoms with Crippen molar-refractivity contribution in [3.63, 3.8) is 0 Å². The first kappa shape index (κ1) is 17.2. The van der Waals surface area contributed by atoms with Crippen LogP contribution in [0.5, 0.6) is 0 Å². The Balaban J connectivity index is 1.56. The van der Waals surface area contributed by atoms with Gasteiger partial charge >= 0.3 is 0 Å². The van der Waals surface area contributed by atoms with E-state index < -0.39 is 0 Å². The number of fused-ring (bicyclic) bond motifs is 1. The van der Waals surface area contributed by atoms with Gasteiger partial charge in [0.15, 0.2) is 5.11 Å². The average molecular weight is 346 g/mol. The van der Waals surface area contributed by atoms with Gasteiger partial charge in [-0.3, -0.25) is 4.79 Å². The monoisotopic (exact) mass is 345 g/mol. The molecule has 4 nitrogen and oxygen atoms in total. The van der Waals surface area contributed by atoms with Crippen LogP contribution in [-0.4, -0.2) is 45.5 Å². The van der Waals surface area contributed by atoms with E-state index in [1.165, 1.54) is 11.1 Å². The highest BCUT2D eigenvalue weighted by Crippen LogP contribution is 2.23. The molecule has 3 rings (SSSR count). The Bertz CT molecular complexity index is 643. The van der Waals surface area contributed by atoms with Crippen LogP contribution in [0.2, 0.25) is 0 Å². The maximum Gasteiger partial charge on any atom is 0.224 e. The lowest BCUT2D eigenvalue weighted by Gasteiger charge is -2.45. The molecule has 0 bridgehead atoms. The van der Waals surface area contributed by atoms with Crippen LogP contribution in [0.3, 0.4) is 0 Å². The van der Waals surface area contributed by atoms with Crippen molar-refractivity contribution >= 4 is 23.2 Å². The minimum atomic E-state index is 0.0353. The number of rotatable bonds is 3. The third kappa shape index (κ3) is 3.72. The number of nitrogens with one attached hydrogen (secondary N) is 1. The molecule has 1 unspecified atom stereocenters. The minimum Gasteiger partial charge on any atom is -0.358 e. The molecule has 1 atom stereocenters. The smallest absolute Gasteiger partial charge is 0.224 e. The molecule has 0 aromatic heterocycles. The van der Waals surface area contributed by atoms with E-state index in [1.807, 2.05) is 11.0 Å². The van der Waals surface area contributed by atoms with Crippen molar-refractivity contribution < 1.29 is 4.79 Å². The molecule has 1 aromatic rings. The van der Waals surface area contributed by atoms with Gasteiger partial charge in [-0.25, -0.2) is 0 Å². The second-order valence-corrected chi connectivity index (χ2v) is 8.03. The van der Waals surface area contributed by atoms with Gasteiger partial charge in [0.2, 0.25) is 5.91 Å². The highest BCUT2D eigenvalue weighted by Gasteiger charge is 2.33. The van der Waals surface area contributed by atoms with Crippen molar-refractivity contribution in [2.75, 3.05) is 13.1 Å². The molecule has 0 spiro atoms. The summed E-state index contributed by atoms with van der Waals surface area (Å²) < 4.78 is 0. The van der Waals surface area contributed by atoms with Crippen LogP contribution in [0.15, 0.2) is 24.3 Å². The number of nitrogens with zero attached hydrogens (tertiary/aromatic N) is 2. The van der Waals surface area contributed by atoms with E-state index in [0.717, 1.165) is 31.0 Å². The number of thiocarbonyl (C=S) groups is 1. The average Bonchev–Trinajstić information content (AvgIpc) is 2.52. The van der Waals surface area contributed by atoms with E-state index in [4.69, 9.17) is 12.2 Å². The summed E-state index contributed by atoms with van der Waals surface area (Å²) in [5.41, 5.74) is 2.69. The zero-order valence-electron chi connectivity index (χ0n) is 14.8. The fourth-order valence-electron chi connectivity index (χ4n) is 3.87. The van der Waals surface area contributed by atoms with Crippen LogP contribution < -0.4 is 5.32 Å². The van der Waals surface area contributed by atoms with Crippen molar-refractivity contribution in [1.82, 2.24) is 15.1 Å². The number of carbonyl (C=O) groups excluding carboxylic acids is 1. The standard InChI is InChI=1S/C19H27N3OS/c1-14-12-19(2,3)20-18(24)22(14)11-9-17(23)21-10-8-15-6-4-5-7-16(15)13-21/h4-7,14H,8-13H2,1-3H3,(H,20,24). The molecule has 1 N–H and O–H groups in total. The molecule has 0 radical (unpaired) electrons. The Labute approximate surface area is 150 Å². The molecule has 1 aromatic carbocycles. The van der Waals surface area contributed by atoms with E-state index in [0.29, 0.717) is 19.0 Å². The molecule has 1 amide bonds. The van der Waals surface area contributed by atoms with Gasteiger partial charge in [0.05, 0.1) is 0 Å². The SMILES string of the molecule is CC1CC(C)(C)NC(=S)N1CCC(=O)N1CCc2ccccc2C1. The summed E-state index contributed by atoms with van der Waals surface area (Å²) in [5, 5.41) is 4.16. The molecule has 2 heterocycles. The Hall–Kier alpha value is -1.62. The molecular formula is C19H27N3OS. The first-order valence-corrected chi connectivity index (χ1v) is 9.20. The fraction of sp³-hybridized carbons (Fsp3) is 0.579. The second-order valence-electron chi connectivity index (χ2n) is 7.64. The van der Waals surface area contributed by atoms with Crippen LogP contribution in [0.1, 0.15) is 44.7 Å². The largest absolute Gasteiger partial charge is 0.358 e. The number of hydrogen-bond acceptors (Lipinski definition) is 2. The minimum absolute atomic E-state index is 0.0353. The lowest BCUT2D eigenvalue weighted by Crippen LogP contribution is -2.60. The zero-order valence-corrected chi connectivity index (χ0v) is 15.7. The number of amides is 1. The number of hydrogen-bond donors (Lipinski definition) is 1. The molecule has 5 heteroatoms. The molecule has 1 saturated heterocycles. The predicted molar refractivity (Wildman–Crippen MR) is 101 cm³/mol. The summed E-state index contributed by atoms with van der Waals surface area (Å²) in [6, 6.07) is 8.78. The Morgan fingerprint density at radius 1 is 1.33 bits per heavy atom. The van der Waals surface area contributed by atoms with E-state index in [2.05, 4.69) is 49.2 Å². The van der Waals surface area contributed by atoms with Gasteiger partial charge in [0.25, 0.3) is 0 Å². The summed E-state index contributed by atoms with van der Waals surface area (Å²) in [4.78, 5) is 16.8. The Morgan fingerprint density at radius 2 is 2.04 bits per heavy atom. The molecule has 1 fully saturated rings. The third-order valence-electron chi connectivity index (χ3n) is 5.09. The second kappa shape index (κ2) is 6.71. The zero-order chi connectivity index (χ0) is 17.3. The van der Waals surface area contributed by atoms with E-state index in [1.54, 1.807) is 0 Å². The summed E-state index contributed by atoms with van der Waals surface area (Å²) in [6.45, 7) is 8.78. The van der Waals surface area contributed by atoms with Crippen molar-refractivity contribution in [2.24, 2.45) is 0 Å². The molecule has 130 valence electrons. The highest BCUT2D eigenvalue weighted by molar-refractivity contribution is 7.80. The van der Waals surface area contributed by atoms with Gasteiger partial charge in [0, 0.05) is 37.6 Å². The van der Waals surface area contributed by atoms with Crippen molar-refractivity contribution in [1.29, 1.82) is 0 Å². The molecule has 2 aliphatic heterocycles. The molecule has 0 aliphatic carbocycles. The van der Waals surface area contributed by atoms with Crippen LogP contribution in [0.4, 0.5) is 0 Å². The molecule has 24 heavy (non-hydrogen) atoms. The predicted octanol–water partition coefficient (Wildman–Crippen LogP) is 2.71. The van der Waals surface area contributed by atoms with E-state index in [-0.39, 0.29) is 11.4 Å².